The van der Waals surface area contributed by atoms with Crippen LogP contribution in [-0.2, 0) is 4.74 Å². The van der Waals surface area contributed by atoms with E-state index >= 15 is 0 Å². The zero-order valence-corrected chi connectivity index (χ0v) is 26.5. The van der Waals surface area contributed by atoms with Crippen LogP contribution in [0.4, 0.5) is 0 Å². The number of ether oxygens (including phenoxy) is 1. The summed E-state index contributed by atoms with van der Waals surface area (Å²) in [6.07, 6.45) is 6.99. The lowest BCUT2D eigenvalue weighted by Gasteiger charge is -2.63. The Labute approximate surface area is 261 Å². The van der Waals surface area contributed by atoms with Crippen molar-refractivity contribution in [2.75, 3.05) is 6.61 Å². The van der Waals surface area contributed by atoms with Gasteiger partial charge in [-0.25, -0.2) is 9.78 Å². The molecule has 0 aliphatic heterocycles. The highest BCUT2D eigenvalue weighted by molar-refractivity contribution is 6.14. The molecule has 1 aromatic heterocycles. The first-order chi connectivity index (χ1) is 21.1. The SMILES string of the molecule is C[C@H](CCCOC(=O)c1c2ccccc2nc2ccccc12)[C@H]1CC[C@H]2[C@@H]3[C@H](O)C[C@@H]4C[C@H](O)CC[C@]4(C)[C@H]3C[C@H](O)[C@]12C. The van der Waals surface area contributed by atoms with Crippen molar-refractivity contribution in [1.29, 1.82) is 0 Å². The van der Waals surface area contributed by atoms with E-state index in [1.54, 1.807) is 0 Å². The van der Waals surface area contributed by atoms with Gasteiger partial charge in [-0.1, -0.05) is 57.2 Å². The number of aromatic nitrogens is 1. The quantitative estimate of drug-likeness (QED) is 0.162. The van der Waals surface area contributed by atoms with Crippen molar-refractivity contribution in [3.63, 3.8) is 0 Å². The Balaban J connectivity index is 1.02. The Morgan fingerprint density at radius 2 is 1.61 bits per heavy atom. The summed E-state index contributed by atoms with van der Waals surface area (Å²) < 4.78 is 5.90. The molecule has 7 rings (SSSR count). The highest BCUT2D eigenvalue weighted by Gasteiger charge is 2.65. The van der Waals surface area contributed by atoms with Gasteiger partial charge in [0.1, 0.15) is 0 Å². The molecule has 1 heterocycles. The third kappa shape index (κ3) is 4.70. The summed E-state index contributed by atoms with van der Waals surface area (Å²) in [5.74, 6) is 1.64. The Bertz CT molecular complexity index is 1490. The monoisotopic (exact) mass is 599 g/mol. The molecule has 44 heavy (non-hydrogen) atoms. The lowest BCUT2D eigenvalue weighted by atomic mass is 9.43. The maximum absolute atomic E-state index is 13.4. The van der Waals surface area contributed by atoms with Crippen LogP contribution >= 0.6 is 0 Å². The van der Waals surface area contributed by atoms with Gasteiger partial charge in [0.2, 0.25) is 0 Å². The third-order valence-electron chi connectivity index (χ3n) is 13.3. The van der Waals surface area contributed by atoms with Crippen LogP contribution in [0.25, 0.3) is 21.8 Å². The van der Waals surface area contributed by atoms with Crippen LogP contribution in [0.15, 0.2) is 48.5 Å². The average molecular weight is 600 g/mol. The van der Waals surface area contributed by atoms with Crippen LogP contribution < -0.4 is 0 Å². The van der Waals surface area contributed by atoms with E-state index in [0.29, 0.717) is 41.8 Å². The van der Waals surface area contributed by atoms with Crippen LogP contribution in [0, 0.1) is 46.3 Å². The van der Waals surface area contributed by atoms with Crippen LogP contribution in [0.3, 0.4) is 0 Å². The maximum atomic E-state index is 13.4. The van der Waals surface area contributed by atoms with E-state index in [4.69, 9.17) is 9.72 Å². The third-order valence-corrected chi connectivity index (χ3v) is 13.3. The molecule has 0 radical (unpaired) electrons. The molecule has 3 N–H and O–H groups in total. The number of nitrogens with zero attached hydrogens (tertiary/aromatic N) is 1. The number of benzene rings is 2. The Kier molecular flexibility index (Phi) is 7.78. The van der Waals surface area contributed by atoms with Gasteiger partial charge in [-0.05, 0) is 116 Å². The normalized spacial score (nSPS) is 39.0. The van der Waals surface area contributed by atoms with Gasteiger partial charge in [0.15, 0.2) is 0 Å². The number of hydrogen-bond acceptors (Lipinski definition) is 6. The van der Waals surface area contributed by atoms with Gasteiger partial charge < -0.3 is 20.1 Å². The molecule has 4 saturated carbocycles. The highest BCUT2D eigenvalue weighted by Crippen LogP contribution is 2.68. The fourth-order valence-corrected chi connectivity index (χ4v) is 11.0. The maximum Gasteiger partial charge on any atom is 0.339 e. The van der Waals surface area contributed by atoms with Crippen molar-refractivity contribution < 1.29 is 24.9 Å². The minimum Gasteiger partial charge on any atom is -0.462 e. The van der Waals surface area contributed by atoms with Gasteiger partial charge in [0, 0.05) is 10.8 Å². The van der Waals surface area contributed by atoms with Gasteiger partial charge in [-0.2, -0.15) is 0 Å². The van der Waals surface area contributed by atoms with E-state index in [-0.39, 0.29) is 41.0 Å². The lowest BCUT2D eigenvalue weighted by molar-refractivity contribution is -0.207. The number of aliphatic hydroxyl groups is 3. The van der Waals surface area contributed by atoms with Crippen LogP contribution in [0.2, 0.25) is 0 Å². The second-order valence-corrected chi connectivity index (χ2v) is 15.3. The molecule has 0 saturated heterocycles. The zero-order chi connectivity index (χ0) is 30.8. The number of carbonyl (C=O) groups excluding carboxylic acids is 1. The van der Waals surface area contributed by atoms with Gasteiger partial charge in [0.25, 0.3) is 0 Å². The molecule has 0 bridgehead atoms. The highest BCUT2D eigenvalue weighted by atomic mass is 16.5. The first-order valence-corrected chi connectivity index (χ1v) is 17.1. The van der Waals surface area contributed by atoms with Crippen molar-refractivity contribution in [3.05, 3.63) is 54.1 Å². The predicted molar refractivity (Wildman–Crippen MR) is 172 cm³/mol. The molecule has 6 heteroatoms. The summed E-state index contributed by atoms with van der Waals surface area (Å²) in [6.45, 7) is 7.35. The van der Waals surface area contributed by atoms with Crippen molar-refractivity contribution >= 4 is 27.8 Å². The summed E-state index contributed by atoms with van der Waals surface area (Å²) in [7, 11) is 0. The first kappa shape index (κ1) is 30.1. The molecular weight excluding hydrogens is 550 g/mol. The van der Waals surface area contributed by atoms with E-state index in [0.717, 1.165) is 79.6 Å². The van der Waals surface area contributed by atoms with Crippen molar-refractivity contribution in [2.24, 2.45) is 46.3 Å². The van der Waals surface area contributed by atoms with Gasteiger partial charge in [-0.3, -0.25) is 0 Å². The fourth-order valence-electron chi connectivity index (χ4n) is 11.0. The first-order valence-electron chi connectivity index (χ1n) is 17.1. The lowest BCUT2D eigenvalue weighted by Crippen LogP contribution is -2.62. The number of pyridine rings is 1. The molecule has 0 unspecified atom stereocenters. The van der Waals surface area contributed by atoms with Crippen molar-refractivity contribution in [2.45, 2.75) is 96.9 Å². The fraction of sp³-hybridized carbons (Fsp3) is 0.632. The van der Waals surface area contributed by atoms with Crippen LogP contribution in [0.1, 0.15) is 88.9 Å². The number of hydrogen-bond donors (Lipinski definition) is 3. The van der Waals surface area contributed by atoms with E-state index < -0.39 is 0 Å². The summed E-state index contributed by atoms with van der Waals surface area (Å²) >= 11 is 0. The number of fused-ring (bicyclic) bond motifs is 7. The molecule has 0 amide bonds. The van der Waals surface area contributed by atoms with Gasteiger partial charge in [0.05, 0.1) is 41.5 Å². The minimum absolute atomic E-state index is 0.0878. The van der Waals surface area contributed by atoms with Gasteiger partial charge >= 0.3 is 5.97 Å². The number of esters is 1. The van der Waals surface area contributed by atoms with Crippen molar-refractivity contribution in [3.8, 4) is 0 Å². The molecule has 2 aromatic carbocycles. The molecule has 4 fully saturated rings. The zero-order valence-electron chi connectivity index (χ0n) is 26.5. The second kappa shape index (κ2) is 11.4. The number of carbonyl (C=O) groups is 1. The molecule has 4 aliphatic rings. The summed E-state index contributed by atoms with van der Waals surface area (Å²) in [6, 6.07) is 15.5. The largest absolute Gasteiger partial charge is 0.462 e. The van der Waals surface area contributed by atoms with E-state index in [1.165, 1.54) is 0 Å². The van der Waals surface area contributed by atoms with Crippen LogP contribution in [0.5, 0.6) is 0 Å². The standard InChI is InChI=1S/C38H49NO5/c1-22(9-8-18-44-36(43)34-25-10-4-6-12-30(25)39-31-13-7-5-11-26(31)34)27-14-15-28-35-29(21-33(42)38(27,28)3)37(2)17-16-24(40)19-23(37)20-32(35)41/h4-7,10-13,22-24,27-29,32-33,35,40-42H,8-9,14-21H2,1-3H3/t22-,23+,24-,27-,28+,29+,32-,33+,35+,37+,38-/m1/s1. The topological polar surface area (TPSA) is 99.9 Å². The molecule has 6 nitrogen and oxygen atoms in total. The number of aliphatic hydroxyl groups excluding tert-OH is 3. The Hall–Kier alpha value is -2.54. The minimum atomic E-state index is -0.385. The summed E-state index contributed by atoms with van der Waals surface area (Å²) in [5.41, 5.74) is 2.03. The van der Waals surface area contributed by atoms with E-state index in [2.05, 4.69) is 20.8 Å². The summed E-state index contributed by atoms with van der Waals surface area (Å²) in [5, 5.41) is 35.4. The second-order valence-electron chi connectivity index (χ2n) is 15.3. The average Bonchev–Trinajstić information content (AvgIpc) is 3.37. The molecule has 3 aromatic rings. The summed E-state index contributed by atoms with van der Waals surface area (Å²) in [4.78, 5) is 18.2. The van der Waals surface area contributed by atoms with E-state index in [9.17, 15) is 20.1 Å². The Morgan fingerprint density at radius 1 is 0.932 bits per heavy atom. The molecular formula is C38H49NO5. The van der Waals surface area contributed by atoms with Crippen molar-refractivity contribution in [1.82, 2.24) is 4.98 Å². The van der Waals surface area contributed by atoms with E-state index in [1.807, 2.05) is 48.5 Å². The predicted octanol–water partition coefficient (Wildman–Crippen LogP) is 6.92. The smallest absolute Gasteiger partial charge is 0.339 e. The Morgan fingerprint density at radius 3 is 2.32 bits per heavy atom. The molecule has 0 spiro atoms. The molecule has 236 valence electrons. The van der Waals surface area contributed by atoms with Gasteiger partial charge in [-0.15, -0.1) is 0 Å². The molecule has 4 aliphatic carbocycles. The number of rotatable bonds is 6. The molecule has 11 atom stereocenters. The number of para-hydroxylation sites is 2. The van der Waals surface area contributed by atoms with Crippen LogP contribution in [-0.4, -0.2) is 51.2 Å².